The van der Waals surface area contributed by atoms with E-state index in [2.05, 4.69) is 0 Å². The van der Waals surface area contributed by atoms with Crippen molar-refractivity contribution in [3.8, 4) is 5.75 Å². The molecule has 6 heteroatoms. The molecule has 0 radical (unpaired) electrons. The third-order valence-corrected chi connectivity index (χ3v) is 3.65. The Hall–Kier alpha value is -2.63. The molecule has 0 aliphatic carbocycles. The van der Waals surface area contributed by atoms with Crippen LogP contribution in [0.5, 0.6) is 5.75 Å². The predicted molar refractivity (Wildman–Crippen MR) is 75.4 cm³/mol. The van der Waals surface area contributed by atoms with Gasteiger partial charge >= 0.3 is 0 Å². The molecule has 2 aliphatic rings. The first-order valence-electron chi connectivity index (χ1n) is 6.70. The molecule has 0 saturated carbocycles. The summed E-state index contributed by atoms with van der Waals surface area (Å²) in [5.74, 6) is -1.02. The van der Waals surface area contributed by atoms with Crippen LogP contribution in [0, 0.1) is 0 Å². The molecule has 1 aromatic rings. The zero-order chi connectivity index (χ0) is 15.0. The zero-order valence-corrected chi connectivity index (χ0v) is 11.3. The van der Waals surface area contributed by atoms with Crippen LogP contribution in [0.3, 0.4) is 0 Å². The molecule has 3 amide bonds. The molecule has 1 N–H and O–H groups in total. The van der Waals surface area contributed by atoms with Crippen molar-refractivity contribution in [3.63, 3.8) is 0 Å². The van der Waals surface area contributed by atoms with Crippen LogP contribution in [0.1, 0.15) is 18.4 Å². The van der Waals surface area contributed by atoms with Crippen LogP contribution in [-0.4, -0.2) is 40.8 Å². The average molecular weight is 286 g/mol. The van der Waals surface area contributed by atoms with Crippen molar-refractivity contribution in [2.75, 3.05) is 18.0 Å². The Morgan fingerprint density at radius 2 is 1.90 bits per heavy atom. The van der Waals surface area contributed by atoms with Crippen molar-refractivity contribution in [1.29, 1.82) is 0 Å². The normalized spacial score (nSPS) is 17.3. The fourth-order valence-corrected chi connectivity index (χ4v) is 2.60. The second kappa shape index (κ2) is 5.05. The van der Waals surface area contributed by atoms with Gasteiger partial charge in [-0.3, -0.25) is 19.3 Å². The van der Waals surface area contributed by atoms with Crippen LogP contribution < -0.4 is 4.90 Å². The van der Waals surface area contributed by atoms with Gasteiger partial charge in [-0.15, -0.1) is 0 Å². The van der Waals surface area contributed by atoms with Gasteiger partial charge in [0.1, 0.15) is 12.3 Å². The number of carbonyl (C=O) groups excluding carboxylic acids is 3. The number of carbonyl (C=O) groups is 3. The molecule has 3 rings (SSSR count). The number of imide groups is 1. The molecule has 0 atom stereocenters. The second-order valence-corrected chi connectivity index (χ2v) is 5.00. The monoisotopic (exact) mass is 286 g/mol. The SMILES string of the molecule is O=C1CCC(=O)N1CC(=O)N1CC=Cc2cccc(O)c21. The number of phenols is 1. The number of likely N-dealkylation sites (tertiary alicyclic amines) is 1. The summed E-state index contributed by atoms with van der Waals surface area (Å²) in [6, 6.07) is 4.99. The van der Waals surface area contributed by atoms with Crippen molar-refractivity contribution in [3.05, 3.63) is 29.8 Å². The van der Waals surface area contributed by atoms with Gasteiger partial charge in [-0.25, -0.2) is 0 Å². The van der Waals surface area contributed by atoms with Crippen molar-refractivity contribution < 1.29 is 19.5 Å². The van der Waals surface area contributed by atoms with Crippen LogP contribution in [0.2, 0.25) is 0 Å². The molecule has 0 spiro atoms. The van der Waals surface area contributed by atoms with Crippen LogP contribution in [0.25, 0.3) is 6.08 Å². The fraction of sp³-hybridized carbons (Fsp3) is 0.267. The quantitative estimate of drug-likeness (QED) is 0.819. The molecule has 0 aromatic heterocycles. The Morgan fingerprint density at radius 3 is 2.62 bits per heavy atom. The first-order valence-corrected chi connectivity index (χ1v) is 6.70. The van der Waals surface area contributed by atoms with E-state index in [4.69, 9.17) is 0 Å². The Morgan fingerprint density at radius 1 is 1.19 bits per heavy atom. The summed E-state index contributed by atoms with van der Waals surface area (Å²) in [4.78, 5) is 37.9. The topological polar surface area (TPSA) is 77.9 Å². The van der Waals surface area contributed by atoms with E-state index < -0.39 is 0 Å². The molecular formula is C15H14N2O4. The third-order valence-electron chi connectivity index (χ3n) is 3.65. The van der Waals surface area contributed by atoms with E-state index in [9.17, 15) is 19.5 Å². The lowest BCUT2D eigenvalue weighted by Crippen LogP contribution is -2.43. The predicted octanol–water partition coefficient (Wildman–Crippen LogP) is 0.901. The molecule has 1 aromatic carbocycles. The highest BCUT2D eigenvalue weighted by Gasteiger charge is 2.33. The minimum absolute atomic E-state index is 0.00396. The Balaban J connectivity index is 1.85. The van der Waals surface area contributed by atoms with Gasteiger partial charge in [0.05, 0.1) is 5.69 Å². The van der Waals surface area contributed by atoms with Crippen molar-refractivity contribution >= 4 is 29.5 Å². The highest BCUT2D eigenvalue weighted by Crippen LogP contribution is 2.34. The number of rotatable bonds is 2. The van der Waals surface area contributed by atoms with Gasteiger partial charge in [0.25, 0.3) is 0 Å². The van der Waals surface area contributed by atoms with Gasteiger partial charge < -0.3 is 10.0 Å². The molecule has 0 bridgehead atoms. The van der Waals surface area contributed by atoms with Gasteiger partial charge in [0.2, 0.25) is 17.7 Å². The maximum atomic E-state index is 12.4. The van der Waals surface area contributed by atoms with E-state index in [-0.39, 0.29) is 42.9 Å². The van der Waals surface area contributed by atoms with E-state index >= 15 is 0 Å². The van der Waals surface area contributed by atoms with Crippen molar-refractivity contribution in [1.82, 2.24) is 4.90 Å². The zero-order valence-electron chi connectivity index (χ0n) is 11.3. The fourth-order valence-electron chi connectivity index (χ4n) is 2.60. The minimum atomic E-state index is -0.384. The number of aromatic hydroxyl groups is 1. The number of phenolic OH excluding ortho intramolecular Hbond substituents is 1. The largest absolute Gasteiger partial charge is 0.506 e. The number of hydrogen-bond acceptors (Lipinski definition) is 4. The maximum Gasteiger partial charge on any atom is 0.247 e. The van der Waals surface area contributed by atoms with E-state index in [0.29, 0.717) is 12.2 Å². The molecule has 6 nitrogen and oxygen atoms in total. The van der Waals surface area contributed by atoms with Crippen LogP contribution in [0.15, 0.2) is 24.3 Å². The summed E-state index contributed by atoms with van der Waals surface area (Å²) < 4.78 is 0. The number of hydrogen-bond donors (Lipinski definition) is 1. The third kappa shape index (κ3) is 2.29. The van der Waals surface area contributed by atoms with Gasteiger partial charge in [-0.2, -0.15) is 0 Å². The van der Waals surface area contributed by atoms with E-state index in [1.165, 1.54) is 11.0 Å². The van der Waals surface area contributed by atoms with Gasteiger partial charge in [-0.05, 0) is 6.07 Å². The summed E-state index contributed by atoms with van der Waals surface area (Å²) >= 11 is 0. The number of nitrogens with zero attached hydrogens (tertiary/aromatic N) is 2. The molecule has 21 heavy (non-hydrogen) atoms. The molecular weight excluding hydrogens is 272 g/mol. The Labute approximate surface area is 121 Å². The first kappa shape index (κ1) is 13.4. The van der Waals surface area contributed by atoms with Crippen molar-refractivity contribution in [2.45, 2.75) is 12.8 Å². The van der Waals surface area contributed by atoms with Crippen molar-refractivity contribution in [2.24, 2.45) is 0 Å². The van der Waals surface area contributed by atoms with E-state index in [0.717, 1.165) is 10.5 Å². The smallest absolute Gasteiger partial charge is 0.247 e. The van der Waals surface area contributed by atoms with E-state index in [1.807, 2.05) is 6.08 Å². The molecule has 0 unspecified atom stereocenters. The summed E-state index contributed by atoms with van der Waals surface area (Å²) in [6.07, 6.45) is 3.94. The number of anilines is 1. The molecule has 1 saturated heterocycles. The Bertz CT molecular complexity index is 650. The minimum Gasteiger partial charge on any atom is -0.506 e. The van der Waals surface area contributed by atoms with Gasteiger partial charge in [-0.1, -0.05) is 24.3 Å². The molecule has 2 aliphatic heterocycles. The number of benzene rings is 1. The molecule has 2 heterocycles. The lowest BCUT2D eigenvalue weighted by molar-refractivity contribution is -0.141. The lowest BCUT2D eigenvalue weighted by atomic mass is 10.1. The molecule has 108 valence electrons. The van der Waals surface area contributed by atoms with E-state index in [1.54, 1.807) is 18.2 Å². The summed E-state index contributed by atoms with van der Waals surface area (Å²) in [5, 5.41) is 9.97. The standard InChI is InChI=1S/C15H14N2O4/c18-11-5-1-3-10-4-2-8-16(15(10)11)14(21)9-17-12(19)6-7-13(17)20/h1-5,18H,6-9H2. The first-order chi connectivity index (χ1) is 10.1. The lowest BCUT2D eigenvalue weighted by Gasteiger charge is -2.28. The number of para-hydroxylation sites is 1. The maximum absolute atomic E-state index is 12.4. The highest BCUT2D eigenvalue weighted by atomic mass is 16.3. The van der Waals surface area contributed by atoms with Crippen LogP contribution >= 0.6 is 0 Å². The Kier molecular flexibility index (Phi) is 3.21. The summed E-state index contributed by atoms with van der Waals surface area (Å²) in [7, 11) is 0. The summed E-state index contributed by atoms with van der Waals surface area (Å²) in [6.45, 7) is 0.0267. The highest BCUT2D eigenvalue weighted by molar-refractivity contribution is 6.08. The van der Waals surface area contributed by atoms with Gasteiger partial charge in [0.15, 0.2) is 0 Å². The number of fused-ring (bicyclic) bond motifs is 1. The molecule has 1 fully saturated rings. The average Bonchev–Trinajstić information content (AvgIpc) is 2.79. The van der Waals surface area contributed by atoms with Crippen LogP contribution in [0.4, 0.5) is 5.69 Å². The van der Waals surface area contributed by atoms with Crippen LogP contribution in [-0.2, 0) is 14.4 Å². The summed E-state index contributed by atoms with van der Waals surface area (Å²) in [5.41, 5.74) is 1.15. The second-order valence-electron chi connectivity index (χ2n) is 5.00. The number of amides is 3. The van der Waals surface area contributed by atoms with Gasteiger partial charge in [0, 0.05) is 24.9 Å².